The van der Waals surface area contributed by atoms with Gasteiger partial charge in [-0.25, -0.2) is 13.8 Å². The van der Waals surface area contributed by atoms with E-state index in [1.165, 1.54) is 18.3 Å². The number of pyridine rings is 1. The molecule has 2 unspecified atom stereocenters. The van der Waals surface area contributed by atoms with Crippen LogP contribution in [-0.2, 0) is 4.74 Å². The van der Waals surface area contributed by atoms with Crippen molar-refractivity contribution in [2.24, 2.45) is 5.92 Å². The van der Waals surface area contributed by atoms with E-state index >= 15 is 0 Å². The standard InChI is InChI=1S/C22H27ClF2N2O2/c1-22(2,3)29-14-27-9-8-16(13-28-21-7-5-17(23)11-26-21)18(12-27)15-4-6-19(24)20(25)10-15/h4-7,10-11,16,18H,8-9,12-14H2,1-3H3. The predicted octanol–water partition coefficient (Wildman–Crippen LogP) is 5.27. The first-order chi connectivity index (χ1) is 13.7. The molecule has 0 aliphatic carbocycles. The summed E-state index contributed by atoms with van der Waals surface area (Å²) in [6.07, 6.45) is 2.39. The van der Waals surface area contributed by atoms with E-state index in [-0.39, 0.29) is 17.4 Å². The molecule has 1 aliphatic heterocycles. The lowest BCUT2D eigenvalue weighted by atomic mass is 9.81. The number of hydrogen-bond donors (Lipinski definition) is 0. The number of nitrogens with zero attached hydrogens (tertiary/aromatic N) is 2. The number of rotatable bonds is 6. The third-order valence-electron chi connectivity index (χ3n) is 5.04. The van der Waals surface area contributed by atoms with Gasteiger partial charge in [-0.2, -0.15) is 0 Å². The quantitative estimate of drug-likeness (QED) is 0.632. The van der Waals surface area contributed by atoms with Gasteiger partial charge in [0, 0.05) is 37.2 Å². The average Bonchev–Trinajstić information content (AvgIpc) is 2.68. The Morgan fingerprint density at radius 3 is 2.62 bits per heavy atom. The number of hydrogen-bond acceptors (Lipinski definition) is 4. The number of benzene rings is 1. The van der Waals surface area contributed by atoms with Crippen molar-refractivity contribution < 1.29 is 18.3 Å². The van der Waals surface area contributed by atoms with Crippen molar-refractivity contribution >= 4 is 11.6 Å². The summed E-state index contributed by atoms with van der Waals surface area (Å²) >= 11 is 5.87. The molecule has 7 heteroatoms. The number of halogens is 3. The molecule has 0 radical (unpaired) electrons. The van der Waals surface area contributed by atoms with Crippen LogP contribution in [0.3, 0.4) is 0 Å². The summed E-state index contributed by atoms with van der Waals surface area (Å²) in [5.41, 5.74) is 0.527. The number of ether oxygens (including phenoxy) is 2. The zero-order valence-corrected chi connectivity index (χ0v) is 17.8. The van der Waals surface area contributed by atoms with Crippen molar-refractivity contribution in [2.75, 3.05) is 26.4 Å². The Kier molecular flexibility index (Phi) is 7.09. The highest BCUT2D eigenvalue weighted by molar-refractivity contribution is 6.30. The van der Waals surface area contributed by atoms with E-state index in [9.17, 15) is 8.78 Å². The van der Waals surface area contributed by atoms with Crippen LogP contribution in [-0.4, -0.2) is 41.9 Å². The molecule has 0 amide bonds. The van der Waals surface area contributed by atoms with Crippen LogP contribution in [0.1, 0.15) is 38.7 Å². The highest BCUT2D eigenvalue weighted by Gasteiger charge is 2.32. The maximum atomic E-state index is 13.9. The Morgan fingerprint density at radius 1 is 1.17 bits per heavy atom. The molecule has 2 atom stereocenters. The fourth-order valence-corrected chi connectivity index (χ4v) is 3.54. The third kappa shape index (κ3) is 6.36. The monoisotopic (exact) mass is 424 g/mol. The van der Waals surface area contributed by atoms with Crippen LogP contribution in [0.4, 0.5) is 8.78 Å². The van der Waals surface area contributed by atoms with Gasteiger partial charge in [-0.05, 0) is 51.0 Å². The highest BCUT2D eigenvalue weighted by Crippen LogP contribution is 2.34. The summed E-state index contributed by atoms with van der Waals surface area (Å²) in [5.74, 6) is -1.03. The summed E-state index contributed by atoms with van der Waals surface area (Å²) in [6.45, 7) is 8.50. The van der Waals surface area contributed by atoms with E-state index in [2.05, 4.69) is 9.88 Å². The molecule has 4 nitrogen and oxygen atoms in total. The van der Waals surface area contributed by atoms with E-state index in [0.717, 1.165) is 18.5 Å². The van der Waals surface area contributed by atoms with Crippen LogP contribution >= 0.6 is 11.6 Å². The molecule has 2 heterocycles. The fraction of sp³-hybridized carbons (Fsp3) is 0.500. The Morgan fingerprint density at radius 2 is 1.97 bits per heavy atom. The van der Waals surface area contributed by atoms with Crippen LogP contribution in [0.25, 0.3) is 0 Å². The molecule has 1 aliphatic rings. The molecule has 158 valence electrons. The second kappa shape index (κ2) is 9.37. The van der Waals surface area contributed by atoms with Gasteiger partial charge in [0.1, 0.15) is 0 Å². The number of likely N-dealkylation sites (tertiary alicyclic amines) is 1. The van der Waals surface area contributed by atoms with Crippen molar-refractivity contribution in [1.29, 1.82) is 0 Å². The van der Waals surface area contributed by atoms with E-state index in [0.29, 0.717) is 30.8 Å². The van der Waals surface area contributed by atoms with Gasteiger partial charge >= 0.3 is 0 Å². The highest BCUT2D eigenvalue weighted by atomic mass is 35.5. The van der Waals surface area contributed by atoms with Crippen LogP contribution in [0.15, 0.2) is 36.5 Å². The molecule has 1 aromatic carbocycles. The van der Waals surface area contributed by atoms with Crippen LogP contribution in [0.5, 0.6) is 5.88 Å². The van der Waals surface area contributed by atoms with Gasteiger partial charge in [0.05, 0.1) is 24.0 Å². The average molecular weight is 425 g/mol. The van der Waals surface area contributed by atoms with Crippen molar-refractivity contribution in [3.63, 3.8) is 0 Å². The lowest BCUT2D eigenvalue weighted by Crippen LogP contribution is -2.43. The van der Waals surface area contributed by atoms with Crippen LogP contribution < -0.4 is 4.74 Å². The minimum Gasteiger partial charge on any atom is -0.477 e. The Bertz CT molecular complexity index is 811. The van der Waals surface area contributed by atoms with E-state index in [4.69, 9.17) is 21.1 Å². The van der Waals surface area contributed by atoms with Gasteiger partial charge in [0.25, 0.3) is 0 Å². The van der Waals surface area contributed by atoms with Crippen molar-refractivity contribution in [3.05, 3.63) is 58.7 Å². The summed E-state index contributed by atoms with van der Waals surface area (Å²) < 4.78 is 39.1. The SMILES string of the molecule is CC(C)(C)OCN1CCC(COc2ccc(Cl)cn2)C(c2ccc(F)c(F)c2)C1. The summed E-state index contributed by atoms with van der Waals surface area (Å²) in [5, 5.41) is 0.546. The molecule has 3 rings (SSSR count). The summed E-state index contributed by atoms with van der Waals surface area (Å²) in [6, 6.07) is 7.59. The molecule has 0 N–H and O–H groups in total. The second-order valence-corrected chi connectivity index (χ2v) is 8.85. The molecule has 2 aromatic rings. The molecule has 0 bridgehead atoms. The first kappa shape index (κ1) is 21.9. The van der Waals surface area contributed by atoms with Gasteiger partial charge in [0.2, 0.25) is 5.88 Å². The van der Waals surface area contributed by atoms with Crippen LogP contribution in [0.2, 0.25) is 5.02 Å². The molecule has 29 heavy (non-hydrogen) atoms. The minimum absolute atomic E-state index is 0.00489. The second-order valence-electron chi connectivity index (χ2n) is 8.42. The zero-order valence-electron chi connectivity index (χ0n) is 17.0. The van der Waals surface area contributed by atoms with E-state index in [1.807, 2.05) is 20.8 Å². The molecule has 0 saturated carbocycles. The number of aromatic nitrogens is 1. The smallest absolute Gasteiger partial charge is 0.213 e. The maximum Gasteiger partial charge on any atom is 0.213 e. The zero-order chi connectivity index (χ0) is 21.0. The Hall–Kier alpha value is -1.76. The first-order valence-corrected chi connectivity index (χ1v) is 10.1. The largest absolute Gasteiger partial charge is 0.477 e. The maximum absolute atomic E-state index is 13.9. The van der Waals surface area contributed by atoms with Gasteiger partial charge in [-0.3, -0.25) is 4.90 Å². The molecule has 0 spiro atoms. The molecule has 1 saturated heterocycles. The van der Waals surface area contributed by atoms with Crippen molar-refractivity contribution in [2.45, 2.75) is 38.7 Å². The first-order valence-electron chi connectivity index (χ1n) is 9.77. The third-order valence-corrected chi connectivity index (χ3v) is 5.26. The lowest BCUT2D eigenvalue weighted by Gasteiger charge is -2.39. The van der Waals surface area contributed by atoms with Gasteiger partial charge in [-0.1, -0.05) is 17.7 Å². The van der Waals surface area contributed by atoms with Gasteiger partial charge in [-0.15, -0.1) is 0 Å². The Balaban J connectivity index is 1.72. The summed E-state index contributed by atoms with van der Waals surface area (Å²) in [4.78, 5) is 6.37. The predicted molar refractivity (Wildman–Crippen MR) is 109 cm³/mol. The van der Waals surface area contributed by atoms with E-state index < -0.39 is 11.6 Å². The summed E-state index contributed by atoms with van der Waals surface area (Å²) in [7, 11) is 0. The van der Waals surface area contributed by atoms with Crippen molar-refractivity contribution in [3.8, 4) is 5.88 Å². The van der Waals surface area contributed by atoms with Gasteiger partial charge < -0.3 is 9.47 Å². The normalized spacial score (nSPS) is 20.6. The van der Waals surface area contributed by atoms with Crippen molar-refractivity contribution in [1.82, 2.24) is 9.88 Å². The van der Waals surface area contributed by atoms with Gasteiger partial charge in [0.15, 0.2) is 11.6 Å². The topological polar surface area (TPSA) is 34.6 Å². The lowest BCUT2D eigenvalue weighted by molar-refractivity contribution is -0.0755. The Labute approximate surface area is 175 Å². The van der Waals surface area contributed by atoms with E-state index in [1.54, 1.807) is 18.2 Å². The van der Waals surface area contributed by atoms with Crippen LogP contribution in [0, 0.1) is 17.6 Å². The minimum atomic E-state index is -0.837. The molecular weight excluding hydrogens is 398 g/mol. The number of piperidine rings is 1. The molecule has 1 fully saturated rings. The molecular formula is C22H27ClF2N2O2. The molecule has 1 aromatic heterocycles. The fourth-order valence-electron chi connectivity index (χ4n) is 3.43.